The van der Waals surface area contributed by atoms with Gasteiger partial charge in [0.05, 0.1) is 6.54 Å². The highest BCUT2D eigenvalue weighted by Gasteiger charge is 2.33. The van der Waals surface area contributed by atoms with E-state index >= 15 is 0 Å². The molecule has 2 aromatic carbocycles. The van der Waals surface area contributed by atoms with Gasteiger partial charge < -0.3 is 15.6 Å². The van der Waals surface area contributed by atoms with E-state index in [9.17, 15) is 14.4 Å². The molecule has 0 radical (unpaired) electrons. The zero-order valence-electron chi connectivity index (χ0n) is 15.9. The van der Waals surface area contributed by atoms with Crippen LogP contribution in [0.15, 0.2) is 60.4 Å². The summed E-state index contributed by atoms with van der Waals surface area (Å²) in [6.45, 7) is 2.21. The van der Waals surface area contributed by atoms with Crippen molar-refractivity contribution < 1.29 is 14.4 Å². The number of nitrogens with zero attached hydrogens (tertiary/aromatic N) is 2. The molecule has 3 aromatic rings. The number of amides is 4. The lowest BCUT2D eigenvalue weighted by Gasteiger charge is -2.11. The summed E-state index contributed by atoms with van der Waals surface area (Å²) < 4.78 is 1.73. The van der Waals surface area contributed by atoms with E-state index in [1.165, 1.54) is 4.90 Å². The van der Waals surface area contributed by atoms with Gasteiger partial charge in [0.25, 0.3) is 5.91 Å². The van der Waals surface area contributed by atoms with Gasteiger partial charge in [0, 0.05) is 22.7 Å². The molecule has 0 spiro atoms. The lowest BCUT2D eigenvalue weighted by Crippen LogP contribution is -2.30. The molecule has 7 heteroatoms. The highest BCUT2D eigenvalue weighted by Crippen LogP contribution is 2.25. The Labute approximate surface area is 167 Å². The lowest BCUT2D eigenvalue weighted by atomic mass is 10.1. The quantitative estimate of drug-likeness (QED) is 0.519. The number of aromatic nitrogens is 1. The number of benzene rings is 2. The molecule has 4 rings (SSSR count). The molecule has 3 N–H and O–H groups in total. The van der Waals surface area contributed by atoms with Crippen LogP contribution < -0.4 is 11.1 Å². The Morgan fingerprint density at radius 1 is 1.10 bits per heavy atom. The predicted octanol–water partition coefficient (Wildman–Crippen LogP) is 2.53. The molecule has 7 nitrogen and oxygen atoms in total. The topological polar surface area (TPSA) is 97.4 Å². The lowest BCUT2D eigenvalue weighted by molar-refractivity contribution is -0.123. The Balaban J connectivity index is 1.65. The Morgan fingerprint density at radius 3 is 2.55 bits per heavy atom. The first kappa shape index (κ1) is 18.5. The smallest absolute Gasteiger partial charge is 0.329 e. The third-order valence-corrected chi connectivity index (χ3v) is 4.87. The average Bonchev–Trinajstić information content (AvgIpc) is 3.16. The fraction of sp³-hybridized carbons (Fsp3) is 0.136. The van der Waals surface area contributed by atoms with Crippen LogP contribution in [0.2, 0.25) is 0 Å². The molecule has 0 atom stereocenters. The van der Waals surface area contributed by atoms with Crippen LogP contribution >= 0.6 is 0 Å². The van der Waals surface area contributed by atoms with Gasteiger partial charge in [-0.3, -0.25) is 14.5 Å². The Bertz CT molecular complexity index is 1160. The van der Waals surface area contributed by atoms with Crippen molar-refractivity contribution in [2.24, 2.45) is 5.73 Å². The fourth-order valence-corrected chi connectivity index (χ4v) is 3.44. The SMILES string of the molecule is Cc1ccc(CN2C(=O)NC(=Cc3cn(CC(N)=O)c4ccccc34)C2=O)cc1. The van der Waals surface area contributed by atoms with Gasteiger partial charge in [0.1, 0.15) is 12.2 Å². The number of para-hydroxylation sites is 1. The molecule has 2 heterocycles. The summed E-state index contributed by atoms with van der Waals surface area (Å²) in [5, 5.41) is 3.51. The maximum Gasteiger partial charge on any atom is 0.329 e. The number of carbonyl (C=O) groups excluding carboxylic acids is 3. The summed E-state index contributed by atoms with van der Waals surface area (Å²) in [5.41, 5.74) is 9.07. The van der Waals surface area contributed by atoms with Gasteiger partial charge in [-0.25, -0.2) is 4.79 Å². The van der Waals surface area contributed by atoms with Crippen LogP contribution in [0.1, 0.15) is 16.7 Å². The van der Waals surface area contributed by atoms with Gasteiger partial charge in [-0.05, 0) is 24.6 Å². The van der Waals surface area contributed by atoms with Crippen molar-refractivity contribution in [2.75, 3.05) is 0 Å². The molecular formula is C22H20N4O3. The monoisotopic (exact) mass is 388 g/mol. The van der Waals surface area contributed by atoms with E-state index in [0.29, 0.717) is 0 Å². The number of hydrogen-bond donors (Lipinski definition) is 2. The second-order valence-corrected chi connectivity index (χ2v) is 7.06. The number of urea groups is 1. The third-order valence-electron chi connectivity index (χ3n) is 4.87. The van der Waals surface area contributed by atoms with Crippen molar-refractivity contribution in [1.29, 1.82) is 0 Å². The van der Waals surface area contributed by atoms with E-state index in [2.05, 4.69) is 5.32 Å². The predicted molar refractivity (Wildman–Crippen MR) is 109 cm³/mol. The van der Waals surface area contributed by atoms with E-state index in [1.807, 2.05) is 55.5 Å². The third kappa shape index (κ3) is 3.62. The van der Waals surface area contributed by atoms with Crippen molar-refractivity contribution in [3.8, 4) is 0 Å². The summed E-state index contributed by atoms with van der Waals surface area (Å²) in [4.78, 5) is 37.7. The molecule has 1 saturated heterocycles. The van der Waals surface area contributed by atoms with Gasteiger partial charge in [0.2, 0.25) is 5.91 Å². The molecule has 1 aliphatic heterocycles. The molecule has 1 fully saturated rings. The number of imide groups is 1. The molecule has 1 aliphatic rings. The minimum absolute atomic E-state index is 0.0313. The van der Waals surface area contributed by atoms with Gasteiger partial charge in [-0.15, -0.1) is 0 Å². The van der Waals surface area contributed by atoms with Gasteiger partial charge in [-0.1, -0.05) is 48.0 Å². The number of nitrogens with one attached hydrogen (secondary N) is 1. The normalized spacial score (nSPS) is 15.3. The van der Waals surface area contributed by atoms with Crippen LogP contribution in [0.5, 0.6) is 0 Å². The summed E-state index contributed by atoms with van der Waals surface area (Å²) in [6, 6.07) is 14.7. The molecule has 0 unspecified atom stereocenters. The second-order valence-electron chi connectivity index (χ2n) is 7.06. The van der Waals surface area contributed by atoms with Gasteiger partial charge in [0.15, 0.2) is 0 Å². The number of hydrogen-bond acceptors (Lipinski definition) is 3. The molecule has 0 aliphatic carbocycles. The second kappa shape index (κ2) is 7.27. The van der Waals surface area contributed by atoms with Crippen molar-refractivity contribution >= 4 is 34.8 Å². The van der Waals surface area contributed by atoms with E-state index < -0.39 is 11.9 Å². The van der Waals surface area contributed by atoms with Crippen LogP contribution in [0.4, 0.5) is 4.79 Å². The number of aryl methyl sites for hydroxylation is 1. The highest BCUT2D eigenvalue weighted by atomic mass is 16.2. The zero-order chi connectivity index (χ0) is 20.5. The van der Waals surface area contributed by atoms with E-state index in [4.69, 9.17) is 5.73 Å². The van der Waals surface area contributed by atoms with Crippen molar-refractivity contribution in [3.05, 3.63) is 77.1 Å². The van der Waals surface area contributed by atoms with E-state index in [-0.39, 0.29) is 24.7 Å². The zero-order valence-corrected chi connectivity index (χ0v) is 15.9. The highest BCUT2D eigenvalue weighted by molar-refractivity contribution is 6.14. The molecule has 0 bridgehead atoms. The minimum Gasteiger partial charge on any atom is -0.368 e. The van der Waals surface area contributed by atoms with E-state index in [0.717, 1.165) is 27.6 Å². The summed E-state index contributed by atoms with van der Waals surface area (Å²) >= 11 is 0. The maximum absolute atomic E-state index is 12.8. The molecular weight excluding hydrogens is 368 g/mol. The molecule has 0 saturated carbocycles. The van der Waals surface area contributed by atoms with Crippen LogP contribution in [0, 0.1) is 6.92 Å². The fourth-order valence-electron chi connectivity index (χ4n) is 3.44. The molecule has 146 valence electrons. The van der Waals surface area contributed by atoms with Crippen LogP contribution in [0.3, 0.4) is 0 Å². The van der Waals surface area contributed by atoms with Gasteiger partial charge >= 0.3 is 6.03 Å². The standard InChI is InChI=1S/C22H20N4O3/c1-14-6-8-15(9-7-14)11-26-21(28)18(24-22(26)29)10-16-12-25(13-20(23)27)19-5-3-2-4-17(16)19/h2-10,12H,11,13H2,1H3,(H2,23,27)(H,24,29). The van der Waals surface area contributed by atoms with Crippen molar-refractivity contribution in [1.82, 2.24) is 14.8 Å². The largest absolute Gasteiger partial charge is 0.368 e. The molecule has 4 amide bonds. The van der Waals surface area contributed by atoms with Crippen LogP contribution in [0.25, 0.3) is 17.0 Å². The van der Waals surface area contributed by atoms with Crippen LogP contribution in [-0.4, -0.2) is 27.3 Å². The number of primary amides is 1. The first-order chi connectivity index (χ1) is 13.9. The average molecular weight is 388 g/mol. The van der Waals surface area contributed by atoms with E-state index in [1.54, 1.807) is 16.8 Å². The van der Waals surface area contributed by atoms with Gasteiger partial charge in [-0.2, -0.15) is 0 Å². The number of carbonyl (C=O) groups is 3. The van der Waals surface area contributed by atoms with Crippen molar-refractivity contribution in [2.45, 2.75) is 20.0 Å². The maximum atomic E-state index is 12.8. The first-order valence-corrected chi connectivity index (χ1v) is 9.18. The Kier molecular flexibility index (Phi) is 4.64. The molecule has 1 aromatic heterocycles. The minimum atomic E-state index is -0.459. The Morgan fingerprint density at radius 2 is 1.83 bits per heavy atom. The molecule has 29 heavy (non-hydrogen) atoms. The van der Waals surface area contributed by atoms with Crippen molar-refractivity contribution in [3.63, 3.8) is 0 Å². The summed E-state index contributed by atoms with van der Waals surface area (Å²) in [5.74, 6) is -0.846. The summed E-state index contributed by atoms with van der Waals surface area (Å²) in [6.07, 6.45) is 3.39. The number of rotatable bonds is 5. The summed E-state index contributed by atoms with van der Waals surface area (Å²) in [7, 11) is 0. The first-order valence-electron chi connectivity index (χ1n) is 9.18. The Hall–Kier alpha value is -3.87. The van der Waals surface area contributed by atoms with Crippen LogP contribution in [-0.2, 0) is 22.7 Å². The number of fused-ring (bicyclic) bond motifs is 1. The number of nitrogens with two attached hydrogens (primary N) is 1.